The molecule has 1 unspecified atom stereocenters. The van der Waals surface area contributed by atoms with Crippen molar-refractivity contribution < 1.29 is 24.0 Å². The van der Waals surface area contributed by atoms with Gasteiger partial charge in [0.05, 0.1) is 10.8 Å². The van der Waals surface area contributed by atoms with E-state index >= 15 is 0 Å². The number of hydrogen-bond acceptors (Lipinski definition) is 7. The highest BCUT2D eigenvalue weighted by atomic mass is 16.6. The average Bonchev–Trinajstić information content (AvgIpc) is 3.49. The molecule has 1 heterocycles. The number of para-hydroxylation sites is 1. The van der Waals surface area contributed by atoms with Crippen LogP contribution in [0.25, 0.3) is 11.3 Å². The quantitative estimate of drug-likeness (QED) is 0.122. The number of furan rings is 1. The summed E-state index contributed by atoms with van der Waals surface area (Å²) in [7, 11) is 0. The van der Waals surface area contributed by atoms with Crippen molar-refractivity contribution in [2.75, 3.05) is 16.0 Å². The second kappa shape index (κ2) is 12.6. The third-order valence-electron chi connectivity index (χ3n) is 7.41. The zero-order valence-corrected chi connectivity index (χ0v) is 23.1. The molecule has 1 aromatic heterocycles. The summed E-state index contributed by atoms with van der Waals surface area (Å²) in [5, 5.41) is 30.9. The maximum Gasteiger partial charge on any atom is 0.294 e. The van der Waals surface area contributed by atoms with Gasteiger partial charge in [0, 0.05) is 29.0 Å². The van der Waals surface area contributed by atoms with Crippen LogP contribution in [0.1, 0.15) is 61.1 Å². The number of benzene rings is 3. The number of amides is 2. The first-order valence-electron chi connectivity index (χ1n) is 13.9. The first-order chi connectivity index (χ1) is 20.3. The van der Waals surface area contributed by atoms with E-state index in [9.17, 15) is 24.8 Å². The van der Waals surface area contributed by atoms with Crippen molar-refractivity contribution in [2.45, 2.75) is 51.0 Å². The van der Waals surface area contributed by atoms with Crippen molar-refractivity contribution in [2.24, 2.45) is 0 Å². The van der Waals surface area contributed by atoms with Crippen LogP contribution in [0.3, 0.4) is 0 Å². The summed E-state index contributed by atoms with van der Waals surface area (Å²) < 4.78 is 5.78. The van der Waals surface area contributed by atoms with Crippen molar-refractivity contribution in [3.63, 3.8) is 0 Å². The van der Waals surface area contributed by atoms with Crippen LogP contribution < -0.4 is 16.0 Å². The Hall–Kier alpha value is -5.12. The Morgan fingerprint density at radius 2 is 1.69 bits per heavy atom. The zero-order chi connectivity index (χ0) is 29.6. The maximum atomic E-state index is 13.0. The molecular weight excluding hydrogens is 536 g/mol. The number of nitrogens with one attached hydrogen (secondary N) is 3. The number of nitro benzene ring substituents is 1. The Balaban J connectivity index is 1.29. The van der Waals surface area contributed by atoms with Crippen LogP contribution in [-0.2, 0) is 4.79 Å². The molecule has 3 aromatic carbocycles. The summed E-state index contributed by atoms with van der Waals surface area (Å²) in [6.07, 6.45) is 5.31. The fourth-order valence-corrected chi connectivity index (χ4v) is 5.11. The standard InChI is InChI=1S/C32H32N4O6/c1-20(31(38)34-24-10-6-3-7-11-24)21-16-22(18-26(37)17-21)29-14-15-30(42-29)32(39)35-25-12-13-27(28(19-25)36(40)41)33-23-8-4-2-5-9-23/h3,6-7,10-20,23,33,37H,2,4-5,8-9H2,1H3,(H,34,38)(H,35,39). The highest BCUT2D eigenvalue weighted by Gasteiger charge is 2.22. The molecule has 2 amide bonds. The number of nitro groups is 1. The van der Waals surface area contributed by atoms with Gasteiger partial charge in [0.15, 0.2) is 5.76 Å². The van der Waals surface area contributed by atoms with Crippen LogP contribution in [-0.4, -0.2) is 27.9 Å². The fourth-order valence-electron chi connectivity index (χ4n) is 5.11. The lowest BCUT2D eigenvalue weighted by Crippen LogP contribution is -2.22. The highest BCUT2D eigenvalue weighted by Crippen LogP contribution is 2.33. The van der Waals surface area contributed by atoms with E-state index in [1.165, 1.54) is 30.7 Å². The molecule has 0 bridgehead atoms. The van der Waals surface area contributed by atoms with Gasteiger partial charge < -0.3 is 25.5 Å². The maximum absolute atomic E-state index is 13.0. The number of aromatic hydroxyl groups is 1. The second-order valence-electron chi connectivity index (χ2n) is 10.5. The third-order valence-corrected chi connectivity index (χ3v) is 7.41. The lowest BCUT2D eigenvalue weighted by Gasteiger charge is -2.23. The monoisotopic (exact) mass is 568 g/mol. The number of nitrogens with zero attached hydrogens (tertiary/aromatic N) is 1. The lowest BCUT2D eigenvalue weighted by molar-refractivity contribution is -0.383. The summed E-state index contributed by atoms with van der Waals surface area (Å²) >= 11 is 0. The molecule has 0 aliphatic heterocycles. The van der Waals surface area contributed by atoms with Gasteiger partial charge in [0.2, 0.25) is 5.91 Å². The minimum absolute atomic E-state index is 0.0168. The van der Waals surface area contributed by atoms with Gasteiger partial charge in [0.25, 0.3) is 11.6 Å². The van der Waals surface area contributed by atoms with Crippen molar-refractivity contribution >= 4 is 34.6 Å². The van der Waals surface area contributed by atoms with Gasteiger partial charge in [-0.05, 0) is 79.9 Å². The molecule has 10 nitrogen and oxygen atoms in total. The summed E-state index contributed by atoms with van der Waals surface area (Å²) in [6.45, 7) is 1.73. The van der Waals surface area contributed by atoms with Crippen LogP contribution in [0, 0.1) is 10.1 Å². The number of anilines is 3. The van der Waals surface area contributed by atoms with Gasteiger partial charge >= 0.3 is 0 Å². The molecule has 4 N–H and O–H groups in total. The van der Waals surface area contributed by atoms with Crippen molar-refractivity contribution in [1.29, 1.82) is 0 Å². The first kappa shape index (κ1) is 28.4. The summed E-state index contributed by atoms with van der Waals surface area (Å²) in [5.41, 5.74) is 2.29. The van der Waals surface area contributed by atoms with Gasteiger partial charge in [-0.15, -0.1) is 0 Å². The van der Waals surface area contributed by atoms with Crippen molar-refractivity contribution in [3.8, 4) is 17.1 Å². The van der Waals surface area contributed by atoms with E-state index in [0.717, 1.165) is 25.7 Å². The summed E-state index contributed by atoms with van der Waals surface area (Å²) in [6, 6.07) is 21.6. The first-order valence-corrected chi connectivity index (χ1v) is 13.9. The fraction of sp³-hybridized carbons (Fsp3) is 0.250. The van der Waals surface area contributed by atoms with Crippen LogP contribution in [0.15, 0.2) is 83.3 Å². The number of rotatable bonds is 9. The molecule has 1 saturated carbocycles. The lowest BCUT2D eigenvalue weighted by atomic mass is 9.95. The van der Waals surface area contributed by atoms with Gasteiger partial charge in [0.1, 0.15) is 17.2 Å². The number of carbonyl (C=O) groups is 2. The number of hydrogen-bond donors (Lipinski definition) is 4. The zero-order valence-electron chi connectivity index (χ0n) is 23.1. The Morgan fingerprint density at radius 1 is 0.929 bits per heavy atom. The van der Waals surface area contributed by atoms with Crippen molar-refractivity contribution in [1.82, 2.24) is 0 Å². The predicted molar refractivity (Wildman–Crippen MR) is 161 cm³/mol. The molecule has 0 radical (unpaired) electrons. The van der Waals surface area contributed by atoms with E-state index in [1.807, 2.05) is 18.2 Å². The van der Waals surface area contributed by atoms with E-state index in [-0.39, 0.29) is 34.8 Å². The Labute approximate surface area is 242 Å². The molecule has 1 aliphatic carbocycles. The smallest absolute Gasteiger partial charge is 0.294 e. The molecule has 0 saturated heterocycles. The summed E-state index contributed by atoms with van der Waals surface area (Å²) in [4.78, 5) is 37.1. The SMILES string of the molecule is CC(C(=O)Nc1ccccc1)c1cc(O)cc(-c2ccc(C(=O)Nc3ccc(NC4CCCCC4)c([N+](=O)[O-])c3)o2)c1. The predicted octanol–water partition coefficient (Wildman–Crippen LogP) is 7.30. The van der Waals surface area contributed by atoms with Gasteiger partial charge in [-0.1, -0.05) is 37.5 Å². The molecule has 42 heavy (non-hydrogen) atoms. The second-order valence-corrected chi connectivity index (χ2v) is 10.5. The molecule has 1 atom stereocenters. The minimum atomic E-state index is -0.584. The van der Waals surface area contributed by atoms with Gasteiger partial charge in [-0.3, -0.25) is 19.7 Å². The highest BCUT2D eigenvalue weighted by molar-refractivity contribution is 6.03. The molecule has 1 aliphatic rings. The van der Waals surface area contributed by atoms with E-state index in [2.05, 4.69) is 16.0 Å². The van der Waals surface area contributed by atoms with E-state index in [1.54, 1.807) is 43.3 Å². The largest absolute Gasteiger partial charge is 0.508 e. The van der Waals surface area contributed by atoms with Crippen LogP contribution >= 0.6 is 0 Å². The molecule has 10 heteroatoms. The number of phenolic OH excluding ortho intramolecular Hbond substituents is 1. The normalized spacial score (nSPS) is 14.1. The molecule has 4 aromatic rings. The molecule has 216 valence electrons. The van der Waals surface area contributed by atoms with E-state index in [0.29, 0.717) is 28.3 Å². The third kappa shape index (κ3) is 6.77. The Kier molecular flexibility index (Phi) is 8.52. The van der Waals surface area contributed by atoms with Gasteiger partial charge in [-0.25, -0.2) is 0 Å². The number of carbonyl (C=O) groups excluding carboxylic acids is 2. The summed E-state index contributed by atoms with van der Waals surface area (Å²) in [5.74, 6) is -1.17. The molecule has 1 fully saturated rings. The Morgan fingerprint density at radius 3 is 2.43 bits per heavy atom. The van der Waals surface area contributed by atoms with E-state index < -0.39 is 16.7 Å². The molecular formula is C32H32N4O6. The Bertz CT molecular complexity index is 1590. The number of phenols is 1. The van der Waals surface area contributed by atoms with Crippen LogP contribution in [0.4, 0.5) is 22.7 Å². The van der Waals surface area contributed by atoms with Crippen molar-refractivity contribution in [3.05, 3.63) is 100 Å². The van der Waals surface area contributed by atoms with Gasteiger partial charge in [-0.2, -0.15) is 0 Å². The topological polar surface area (TPSA) is 147 Å². The minimum Gasteiger partial charge on any atom is -0.508 e. The van der Waals surface area contributed by atoms with E-state index in [4.69, 9.17) is 4.42 Å². The van der Waals surface area contributed by atoms with Crippen LogP contribution in [0.2, 0.25) is 0 Å². The molecule has 0 spiro atoms. The van der Waals surface area contributed by atoms with Crippen LogP contribution in [0.5, 0.6) is 5.75 Å². The molecule has 5 rings (SSSR count). The average molecular weight is 569 g/mol.